The Morgan fingerprint density at radius 3 is 2.84 bits per heavy atom. The van der Waals surface area contributed by atoms with E-state index in [4.69, 9.17) is 14.6 Å². The van der Waals surface area contributed by atoms with Crippen LogP contribution in [0.25, 0.3) is 6.08 Å². The Morgan fingerprint density at radius 2 is 2.21 bits per heavy atom. The van der Waals surface area contributed by atoms with E-state index in [0.29, 0.717) is 17.7 Å². The molecule has 2 N–H and O–H groups in total. The summed E-state index contributed by atoms with van der Waals surface area (Å²) < 4.78 is 9.84. The van der Waals surface area contributed by atoms with E-state index in [0.717, 1.165) is 0 Å². The monoisotopic (exact) mass is 266 g/mol. The predicted octanol–water partition coefficient (Wildman–Crippen LogP) is 1.73. The summed E-state index contributed by atoms with van der Waals surface area (Å²) in [7, 11) is 1.45. The highest BCUT2D eigenvalue weighted by atomic mass is 16.5. The summed E-state index contributed by atoms with van der Waals surface area (Å²) in [5.74, 6) is -0.100. The van der Waals surface area contributed by atoms with Crippen molar-refractivity contribution < 1.29 is 24.5 Å². The molecule has 1 aromatic rings. The Balaban J connectivity index is 2.54. The van der Waals surface area contributed by atoms with Crippen molar-refractivity contribution in [1.29, 1.82) is 0 Å². The van der Waals surface area contributed by atoms with Gasteiger partial charge in [0.25, 0.3) is 0 Å². The number of aliphatic hydroxyl groups is 1. The van der Waals surface area contributed by atoms with Gasteiger partial charge in [-0.25, -0.2) is 4.79 Å². The van der Waals surface area contributed by atoms with Gasteiger partial charge < -0.3 is 19.7 Å². The number of carbonyl (C=O) groups is 1. The zero-order valence-electron chi connectivity index (χ0n) is 11.0. The number of phenolic OH excluding ortho intramolecular Hbond substituents is 1. The normalized spacial score (nSPS) is 12.4. The minimum Gasteiger partial charge on any atom is -0.504 e. The highest BCUT2D eigenvalue weighted by molar-refractivity contribution is 5.87. The number of hydrogen-bond acceptors (Lipinski definition) is 5. The maximum absolute atomic E-state index is 11.3. The minimum atomic E-state index is -0.488. The molecule has 0 heterocycles. The fourth-order valence-electron chi connectivity index (χ4n) is 1.34. The van der Waals surface area contributed by atoms with Crippen LogP contribution < -0.4 is 4.74 Å². The van der Waals surface area contributed by atoms with Gasteiger partial charge in [0, 0.05) is 12.5 Å². The number of aliphatic hydroxyl groups excluding tert-OH is 1. The molecule has 0 radical (unpaired) electrons. The van der Waals surface area contributed by atoms with Crippen LogP contribution in [0.15, 0.2) is 24.3 Å². The van der Waals surface area contributed by atoms with Crippen molar-refractivity contribution in [3.05, 3.63) is 29.8 Å². The smallest absolute Gasteiger partial charge is 0.330 e. The first-order valence-corrected chi connectivity index (χ1v) is 5.93. The van der Waals surface area contributed by atoms with Crippen molar-refractivity contribution in [1.82, 2.24) is 0 Å². The first-order valence-electron chi connectivity index (χ1n) is 5.93. The van der Waals surface area contributed by atoms with Gasteiger partial charge in [-0.05, 0) is 30.7 Å². The Morgan fingerprint density at radius 1 is 1.47 bits per heavy atom. The molecule has 0 fully saturated rings. The molecular weight excluding hydrogens is 248 g/mol. The molecule has 1 unspecified atom stereocenters. The molecule has 5 heteroatoms. The summed E-state index contributed by atoms with van der Waals surface area (Å²) in [5, 5.41) is 18.4. The SMILES string of the molecule is COc1cc(C=CC(=O)OCCC(C)O)ccc1O. The molecule has 5 nitrogen and oxygen atoms in total. The second-order valence-corrected chi connectivity index (χ2v) is 4.07. The van der Waals surface area contributed by atoms with Crippen molar-refractivity contribution in [3.63, 3.8) is 0 Å². The summed E-state index contributed by atoms with van der Waals surface area (Å²) in [4.78, 5) is 11.3. The van der Waals surface area contributed by atoms with Crippen LogP contribution in [-0.2, 0) is 9.53 Å². The Hall–Kier alpha value is -2.01. The highest BCUT2D eigenvalue weighted by Gasteiger charge is 2.02. The largest absolute Gasteiger partial charge is 0.504 e. The fraction of sp³-hybridized carbons (Fsp3) is 0.357. The molecule has 1 atom stereocenters. The number of rotatable bonds is 6. The molecule has 0 amide bonds. The number of phenols is 1. The van der Waals surface area contributed by atoms with Crippen LogP contribution >= 0.6 is 0 Å². The second kappa shape index (κ2) is 7.43. The predicted molar refractivity (Wildman–Crippen MR) is 70.9 cm³/mol. The number of ether oxygens (including phenoxy) is 2. The summed E-state index contributed by atoms with van der Waals surface area (Å²) in [6.45, 7) is 1.81. The lowest BCUT2D eigenvalue weighted by atomic mass is 10.2. The van der Waals surface area contributed by atoms with Crippen LogP contribution in [0.2, 0.25) is 0 Å². The first-order chi connectivity index (χ1) is 9.02. The molecule has 0 saturated heterocycles. The summed E-state index contributed by atoms with van der Waals surface area (Å²) in [5.41, 5.74) is 0.710. The van der Waals surface area contributed by atoms with Gasteiger partial charge in [-0.1, -0.05) is 6.07 Å². The zero-order valence-corrected chi connectivity index (χ0v) is 11.0. The summed E-state index contributed by atoms with van der Waals surface area (Å²) in [6, 6.07) is 4.74. The standard InChI is InChI=1S/C14H18O5/c1-10(15)7-8-19-14(17)6-4-11-3-5-12(16)13(9-11)18-2/h3-6,9-10,15-16H,7-8H2,1-2H3. The molecule has 0 aliphatic heterocycles. The van der Waals surface area contributed by atoms with E-state index in [9.17, 15) is 9.90 Å². The summed E-state index contributed by atoms with van der Waals surface area (Å²) >= 11 is 0. The number of aromatic hydroxyl groups is 1. The maximum atomic E-state index is 11.3. The van der Waals surface area contributed by atoms with Crippen molar-refractivity contribution in [3.8, 4) is 11.5 Å². The second-order valence-electron chi connectivity index (χ2n) is 4.07. The van der Waals surface area contributed by atoms with Crippen molar-refractivity contribution in [2.45, 2.75) is 19.4 Å². The van der Waals surface area contributed by atoms with Gasteiger partial charge in [-0.2, -0.15) is 0 Å². The topological polar surface area (TPSA) is 76.0 Å². The molecule has 0 aliphatic rings. The van der Waals surface area contributed by atoms with Gasteiger partial charge in [0.05, 0.1) is 19.8 Å². The molecule has 104 valence electrons. The minimum absolute atomic E-state index is 0.0409. The van der Waals surface area contributed by atoms with Gasteiger partial charge in [-0.15, -0.1) is 0 Å². The van der Waals surface area contributed by atoms with E-state index in [1.165, 1.54) is 19.3 Å². The Labute approximate surface area is 112 Å². The number of esters is 1. The van der Waals surface area contributed by atoms with Gasteiger partial charge in [0.15, 0.2) is 11.5 Å². The summed E-state index contributed by atoms with van der Waals surface area (Å²) in [6.07, 6.45) is 2.77. The zero-order chi connectivity index (χ0) is 14.3. The fourth-order valence-corrected chi connectivity index (χ4v) is 1.34. The number of benzene rings is 1. The van der Waals surface area contributed by atoms with Crippen LogP contribution in [0.5, 0.6) is 11.5 Å². The van der Waals surface area contributed by atoms with Crippen LogP contribution in [0.4, 0.5) is 0 Å². The van der Waals surface area contributed by atoms with Crippen molar-refractivity contribution in [2.24, 2.45) is 0 Å². The van der Waals surface area contributed by atoms with E-state index in [1.54, 1.807) is 25.1 Å². The van der Waals surface area contributed by atoms with Crippen molar-refractivity contribution in [2.75, 3.05) is 13.7 Å². The molecule has 0 spiro atoms. The van der Waals surface area contributed by atoms with Gasteiger partial charge in [-0.3, -0.25) is 0 Å². The van der Waals surface area contributed by atoms with Gasteiger partial charge >= 0.3 is 5.97 Å². The number of carbonyl (C=O) groups excluding carboxylic acids is 1. The van der Waals surface area contributed by atoms with Gasteiger partial charge in [0.2, 0.25) is 0 Å². The quantitative estimate of drug-likeness (QED) is 0.605. The average molecular weight is 266 g/mol. The Kier molecular flexibility index (Phi) is 5.89. The maximum Gasteiger partial charge on any atom is 0.330 e. The van der Waals surface area contributed by atoms with Crippen molar-refractivity contribution >= 4 is 12.0 Å². The molecule has 0 aromatic heterocycles. The van der Waals surface area contributed by atoms with Crippen LogP contribution in [0.3, 0.4) is 0 Å². The van der Waals surface area contributed by atoms with Crippen LogP contribution in [0.1, 0.15) is 18.9 Å². The number of hydrogen-bond donors (Lipinski definition) is 2. The first kappa shape index (κ1) is 15.0. The van der Waals surface area contributed by atoms with Crippen LogP contribution in [-0.4, -0.2) is 36.0 Å². The third-order valence-electron chi connectivity index (χ3n) is 2.40. The molecule has 0 bridgehead atoms. The molecule has 0 aliphatic carbocycles. The lowest BCUT2D eigenvalue weighted by molar-refractivity contribution is -0.138. The van der Waals surface area contributed by atoms with E-state index in [1.807, 2.05) is 0 Å². The highest BCUT2D eigenvalue weighted by Crippen LogP contribution is 2.26. The average Bonchev–Trinajstić information content (AvgIpc) is 2.37. The van der Waals surface area contributed by atoms with Gasteiger partial charge in [0.1, 0.15) is 0 Å². The number of methoxy groups -OCH3 is 1. The van der Waals surface area contributed by atoms with Crippen LogP contribution in [0, 0.1) is 0 Å². The molecule has 0 saturated carbocycles. The lowest BCUT2D eigenvalue weighted by Crippen LogP contribution is -2.08. The Bertz CT molecular complexity index is 451. The van der Waals surface area contributed by atoms with E-state index >= 15 is 0 Å². The lowest BCUT2D eigenvalue weighted by Gasteiger charge is -2.04. The molecule has 19 heavy (non-hydrogen) atoms. The van der Waals surface area contributed by atoms with E-state index in [2.05, 4.69) is 0 Å². The third kappa shape index (κ3) is 5.44. The third-order valence-corrected chi connectivity index (χ3v) is 2.40. The molecule has 1 rings (SSSR count). The molecular formula is C14H18O5. The van der Waals surface area contributed by atoms with E-state index < -0.39 is 12.1 Å². The van der Waals surface area contributed by atoms with E-state index in [-0.39, 0.29) is 12.4 Å². The molecule has 1 aromatic carbocycles.